The van der Waals surface area contributed by atoms with Gasteiger partial charge >= 0.3 is 0 Å². The molecule has 202 valence electrons. The average molecular weight is 608 g/mol. The topological polar surface area (TPSA) is 132 Å². The Morgan fingerprint density at radius 1 is 0.875 bits per heavy atom. The molecule has 2 aromatic heterocycles. The molecule has 4 aromatic carbocycles. The van der Waals surface area contributed by atoms with Gasteiger partial charge in [-0.1, -0.05) is 54.1 Å². The van der Waals surface area contributed by atoms with Crippen LogP contribution in [0.2, 0.25) is 5.02 Å². The van der Waals surface area contributed by atoms with Crippen LogP contribution in [0.25, 0.3) is 41.6 Å². The molecule has 0 unspecified atom stereocenters. The van der Waals surface area contributed by atoms with Crippen LogP contribution >= 0.6 is 34.3 Å². The Balaban J connectivity index is 0.00000323. The fourth-order valence-corrected chi connectivity index (χ4v) is 7.92. The van der Waals surface area contributed by atoms with Gasteiger partial charge in [-0.25, -0.2) is 9.97 Å². The number of fused-ring (bicyclic) bond motifs is 2. The number of aryl methyl sites for hydroxylation is 1. The van der Waals surface area contributed by atoms with Crippen molar-refractivity contribution in [3.8, 4) is 21.1 Å². The fourth-order valence-electron chi connectivity index (χ4n) is 4.41. The van der Waals surface area contributed by atoms with Gasteiger partial charge < -0.3 is 6.15 Å². The second-order valence-electron chi connectivity index (χ2n) is 9.06. The van der Waals surface area contributed by atoms with Crippen molar-refractivity contribution in [2.45, 2.75) is 18.2 Å². The van der Waals surface area contributed by atoms with Gasteiger partial charge in [-0.15, -0.1) is 22.7 Å². The lowest BCUT2D eigenvalue weighted by atomic mass is 10.0. The third kappa shape index (κ3) is 5.42. The van der Waals surface area contributed by atoms with Crippen molar-refractivity contribution in [2.24, 2.45) is 0 Å². The largest absolute Gasteiger partial charge is 0.344 e. The van der Waals surface area contributed by atoms with Crippen molar-refractivity contribution < 1.29 is 17.8 Å². The van der Waals surface area contributed by atoms with E-state index in [9.17, 15) is 17.8 Å². The van der Waals surface area contributed by atoms with Gasteiger partial charge in [-0.05, 0) is 54.4 Å². The van der Waals surface area contributed by atoms with Gasteiger partial charge in [0.05, 0.1) is 20.4 Å². The molecule has 6 rings (SSSR count). The summed E-state index contributed by atoms with van der Waals surface area (Å²) in [5, 5.41) is 2.05. The Kier molecular flexibility index (Phi) is 7.58. The molecule has 0 bridgehead atoms. The molecule has 2 heterocycles. The number of aromatic nitrogens is 2. The van der Waals surface area contributed by atoms with Crippen molar-refractivity contribution in [3.63, 3.8) is 0 Å². The molecule has 0 amide bonds. The molecule has 4 N–H and O–H groups in total. The van der Waals surface area contributed by atoms with Crippen LogP contribution in [0.4, 0.5) is 0 Å². The molecule has 0 spiro atoms. The number of halogens is 1. The summed E-state index contributed by atoms with van der Waals surface area (Å²) in [6.07, 6.45) is 0.283. The number of thiazole rings is 2. The van der Waals surface area contributed by atoms with Crippen LogP contribution < -0.4 is 6.15 Å². The maximum atomic E-state index is 12.6. The normalized spacial score (nSPS) is 11.6. The first kappa shape index (κ1) is 28.0. The van der Waals surface area contributed by atoms with Crippen molar-refractivity contribution in [1.29, 1.82) is 0 Å². The lowest BCUT2D eigenvalue weighted by Gasteiger charge is -2.03. The van der Waals surface area contributed by atoms with E-state index in [2.05, 4.69) is 4.98 Å². The zero-order valence-electron chi connectivity index (χ0n) is 21.1. The van der Waals surface area contributed by atoms with Gasteiger partial charge in [0.1, 0.15) is 14.9 Å². The highest BCUT2D eigenvalue weighted by molar-refractivity contribution is 7.86. The van der Waals surface area contributed by atoms with Crippen molar-refractivity contribution in [3.05, 3.63) is 101 Å². The van der Waals surface area contributed by atoms with Crippen LogP contribution in [0.5, 0.6) is 0 Å². The number of rotatable bonds is 6. The van der Waals surface area contributed by atoms with Crippen molar-refractivity contribution >= 4 is 70.6 Å². The summed E-state index contributed by atoms with van der Waals surface area (Å²) in [5.41, 5.74) is 5.12. The third-order valence-electron chi connectivity index (χ3n) is 6.31. The molecule has 0 atom stereocenters. The SMILES string of the molecule is Cc1ccc2nc(-c3ccc4nc(-c5ccc(CC(=O)c6cccc(Cl)c6)cc5)sc4c3)sc2c1S(=O)(=O)O.N. The minimum atomic E-state index is -4.38. The van der Waals surface area contributed by atoms with Crippen LogP contribution in [0.1, 0.15) is 21.5 Å². The molecule has 0 aliphatic rings. The van der Waals surface area contributed by atoms with E-state index in [4.69, 9.17) is 16.6 Å². The quantitative estimate of drug-likeness (QED) is 0.145. The molecule has 0 saturated carbocycles. The zero-order chi connectivity index (χ0) is 27.3. The number of nitrogens with zero attached hydrogens (tertiary/aromatic N) is 2. The summed E-state index contributed by atoms with van der Waals surface area (Å²) in [6.45, 7) is 1.65. The maximum Gasteiger partial charge on any atom is 0.296 e. The second kappa shape index (κ2) is 10.8. The van der Waals surface area contributed by atoms with Gasteiger partial charge in [0, 0.05) is 28.1 Å². The number of benzene rings is 4. The standard InChI is InChI=1S/C29H19ClN2O4S3.H3N/c1-16-5-11-23-26(27(16)39(34,35)36)38-29(32-23)20-10-12-22-25(15-20)37-28(31-22)18-8-6-17(7-9-18)13-24(33)19-3-2-4-21(30)14-19;/h2-12,14-15H,13H2,1H3,(H,34,35,36);1H3. The van der Waals surface area contributed by atoms with Crippen molar-refractivity contribution in [1.82, 2.24) is 16.1 Å². The van der Waals surface area contributed by atoms with Crippen LogP contribution in [0.3, 0.4) is 0 Å². The van der Waals surface area contributed by atoms with Gasteiger partial charge in [-0.3, -0.25) is 9.35 Å². The van der Waals surface area contributed by atoms with E-state index in [-0.39, 0.29) is 23.3 Å². The highest BCUT2D eigenvalue weighted by atomic mass is 35.5. The minimum Gasteiger partial charge on any atom is -0.344 e. The van der Waals surface area contributed by atoms with Crippen LogP contribution in [-0.4, -0.2) is 28.7 Å². The number of Topliss-reactive ketones (excluding diaryl/α,β-unsaturated/α-hetero) is 1. The lowest BCUT2D eigenvalue weighted by molar-refractivity contribution is 0.0993. The molecule has 0 fully saturated rings. The van der Waals surface area contributed by atoms with Gasteiger partial charge in [0.2, 0.25) is 0 Å². The first-order valence-electron chi connectivity index (χ1n) is 11.8. The summed E-state index contributed by atoms with van der Waals surface area (Å²) >= 11 is 8.79. The minimum absolute atomic E-state index is 0. The van der Waals surface area contributed by atoms with Crippen LogP contribution in [0, 0.1) is 6.92 Å². The summed E-state index contributed by atoms with van der Waals surface area (Å²) in [4.78, 5) is 21.9. The molecule has 0 aliphatic heterocycles. The summed E-state index contributed by atoms with van der Waals surface area (Å²) < 4.78 is 35.1. The highest BCUT2D eigenvalue weighted by Crippen LogP contribution is 2.38. The van der Waals surface area contributed by atoms with E-state index in [0.29, 0.717) is 31.4 Å². The number of carbonyl (C=O) groups excluding carboxylic acids is 1. The summed E-state index contributed by atoms with van der Waals surface area (Å²) in [5.74, 6) is 0.00600. The molecule has 0 radical (unpaired) electrons. The molecule has 0 aliphatic carbocycles. The molecule has 0 saturated heterocycles. The molecular formula is C29H22ClN3O4S3. The second-order valence-corrected chi connectivity index (χ2v) is 12.9. The predicted molar refractivity (Wildman–Crippen MR) is 163 cm³/mol. The van der Waals surface area contributed by atoms with Crippen LogP contribution in [0.15, 0.2) is 83.8 Å². The van der Waals surface area contributed by atoms with E-state index in [1.807, 2.05) is 42.5 Å². The van der Waals surface area contributed by atoms with Gasteiger partial charge in [-0.2, -0.15) is 8.42 Å². The van der Waals surface area contributed by atoms with E-state index in [1.165, 1.54) is 11.3 Å². The predicted octanol–water partition coefficient (Wildman–Crippen LogP) is 8.04. The van der Waals surface area contributed by atoms with E-state index >= 15 is 0 Å². The summed E-state index contributed by atoms with van der Waals surface area (Å²) in [7, 11) is -4.38. The Bertz CT molecular complexity index is 2020. The van der Waals surface area contributed by atoms with Gasteiger partial charge in [0.25, 0.3) is 10.1 Å². The maximum absolute atomic E-state index is 12.6. The Hall–Kier alpha value is -3.51. The molecule has 11 heteroatoms. The number of carbonyl (C=O) groups is 1. The van der Waals surface area contributed by atoms with E-state index in [1.54, 1.807) is 54.7 Å². The third-order valence-corrected chi connectivity index (χ3v) is 9.93. The van der Waals surface area contributed by atoms with Crippen molar-refractivity contribution in [2.75, 3.05) is 0 Å². The van der Waals surface area contributed by atoms with Gasteiger partial charge in [0.15, 0.2) is 5.78 Å². The zero-order valence-corrected chi connectivity index (χ0v) is 24.3. The number of ketones is 1. The Labute approximate surface area is 243 Å². The Morgan fingerprint density at radius 2 is 1.55 bits per heavy atom. The van der Waals surface area contributed by atoms with E-state index < -0.39 is 10.1 Å². The first-order chi connectivity index (χ1) is 18.7. The highest BCUT2D eigenvalue weighted by Gasteiger charge is 2.21. The number of hydrogen-bond donors (Lipinski definition) is 2. The monoisotopic (exact) mass is 607 g/mol. The molecular weight excluding hydrogens is 586 g/mol. The molecule has 40 heavy (non-hydrogen) atoms. The Morgan fingerprint density at radius 3 is 2.27 bits per heavy atom. The average Bonchev–Trinajstić information content (AvgIpc) is 3.52. The smallest absolute Gasteiger partial charge is 0.296 e. The number of hydrogen-bond acceptors (Lipinski definition) is 8. The van der Waals surface area contributed by atoms with E-state index in [0.717, 1.165) is 31.9 Å². The fraction of sp³-hybridized carbons (Fsp3) is 0.0690. The lowest BCUT2D eigenvalue weighted by Crippen LogP contribution is -2.03. The molecule has 6 aromatic rings. The summed E-state index contributed by atoms with van der Waals surface area (Å²) in [6, 6.07) is 24.0. The first-order valence-corrected chi connectivity index (χ1v) is 15.3. The molecule has 7 nitrogen and oxygen atoms in total. The van der Waals surface area contributed by atoms with Crippen LogP contribution in [-0.2, 0) is 16.5 Å².